The van der Waals surface area contributed by atoms with Crippen molar-refractivity contribution < 1.29 is 9.47 Å². The van der Waals surface area contributed by atoms with Crippen molar-refractivity contribution in [2.24, 2.45) is 0 Å². The van der Waals surface area contributed by atoms with Crippen LogP contribution >= 0.6 is 11.6 Å². The van der Waals surface area contributed by atoms with Gasteiger partial charge in [0.1, 0.15) is 6.61 Å². The second-order valence-corrected chi connectivity index (χ2v) is 5.15. The van der Waals surface area contributed by atoms with E-state index in [1.54, 1.807) is 13.2 Å². The Labute approximate surface area is 136 Å². The number of hydrogen-bond acceptors (Lipinski definition) is 3. The third-order valence-corrected chi connectivity index (χ3v) is 3.58. The number of ether oxygens (including phenoxy) is 2. The van der Waals surface area contributed by atoms with Gasteiger partial charge < -0.3 is 14.8 Å². The minimum atomic E-state index is 0.442. The molecule has 0 spiro atoms. The molecular weight excluding hydrogens is 298 g/mol. The smallest absolute Gasteiger partial charge is 0.166 e. The van der Waals surface area contributed by atoms with Crippen LogP contribution in [0.5, 0.6) is 11.5 Å². The lowest BCUT2D eigenvalue weighted by atomic mass is 10.1. The number of para-hydroxylation sites is 1. The van der Waals surface area contributed by atoms with Gasteiger partial charge in [-0.25, -0.2) is 0 Å². The molecule has 2 aromatic carbocycles. The molecule has 0 saturated heterocycles. The zero-order valence-electron chi connectivity index (χ0n) is 12.6. The number of halogens is 1. The maximum atomic E-state index is 6.16. The van der Waals surface area contributed by atoms with Crippen LogP contribution in [0.25, 0.3) is 0 Å². The Morgan fingerprint density at radius 3 is 2.55 bits per heavy atom. The molecule has 0 aliphatic carbocycles. The average Bonchev–Trinajstić information content (AvgIpc) is 2.55. The van der Waals surface area contributed by atoms with Gasteiger partial charge in [0.05, 0.1) is 7.11 Å². The number of methoxy groups -OCH3 is 1. The predicted molar refractivity (Wildman–Crippen MR) is 90.7 cm³/mol. The van der Waals surface area contributed by atoms with Gasteiger partial charge in [0.2, 0.25) is 0 Å². The fourth-order valence-electron chi connectivity index (χ4n) is 2.14. The minimum Gasteiger partial charge on any atom is -0.493 e. The molecule has 0 bridgehead atoms. The lowest BCUT2D eigenvalue weighted by Crippen LogP contribution is -2.14. The van der Waals surface area contributed by atoms with Crippen LogP contribution in [-0.2, 0) is 13.1 Å². The van der Waals surface area contributed by atoms with Gasteiger partial charge in [0, 0.05) is 23.7 Å². The quantitative estimate of drug-likeness (QED) is 0.740. The van der Waals surface area contributed by atoms with Gasteiger partial charge in [0.15, 0.2) is 11.5 Å². The van der Waals surface area contributed by atoms with Crippen LogP contribution in [0.1, 0.15) is 11.1 Å². The molecule has 0 amide bonds. The van der Waals surface area contributed by atoms with Crippen LogP contribution < -0.4 is 14.8 Å². The molecule has 2 aromatic rings. The highest BCUT2D eigenvalue weighted by atomic mass is 35.5. The van der Waals surface area contributed by atoms with E-state index in [1.807, 2.05) is 42.5 Å². The van der Waals surface area contributed by atoms with Gasteiger partial charge >= 0.3 is 0 Å². The molecule has 0 fully saturated rings. The Morgan fingerprint density at radius 1 is 1.09 bits per heavy atom. The van der Waals surface area contributed by atoms with Gasteiger partial charge in [-0.3, -0.25) is 0 Å². The summed E-state index contributed by atoms with van der Waals surface area (Å²) in [7, 11) is 1.64. The van der Waals surface area contributed by atoms with Crippen molar-refractivity contribution in [3.05, 3.63) is 71.3 Å². The molecular formula is C18H20ClNO2. The topological polar surface area (TPSA) is 30.5 Å². The molecule has 0 atom stereocenters. The van der Waals surface area contributed by atoms with Gasteiger partial charge in [-0.05, 0) is 17.7 Å². The number of nitrogens with one attached hydrogen (secondary N) is 1. The Kier molecular flexibility index (Phi) is 6.31. The Morgan fingerprint density at radius 2 is 1.82 bits per heavy atom. The van der Waals surface area contributed by atoms with Crippen LogP contribution in [0, 0.1) is 0 Å². The van der Waals surface area contributed by atoms with E-state index in [2.05, 4.69) is 11.9 Å². The Bertz CT molecular complexity index is 628. The minimum absolute atomic E-state index is 0.442. The Hall–Kier alpha value is -1.97. The fourth-order valence-corrected chi connectivity index (χ4v) is 2.34. The molecule has 0 heterocycles. The molecule has 1 N–H and O–H groups in total. The van der Waals surface area contributed by atoms with E-state index in [9.17, 15) is 0 Å². The summed E-state index contributed by atoms with van der Waals surface area (Å²) < 4.78 is 11.1. The molecule has 0 aliphatic heterocycles. The molecule has 116 valence electrons. The first kappa shape index (κ1) is 16.4. The van der Waals surface area contributed by atoms with E-state index < -0.39 is 0 Å². The second kappa shape index (κ2) is 8.47. The number of rotatable bonds is 8. The van der Waals surface area contributed by atoms with Crippen molar-refractivity contribution in [1.82, 2.24) is 5.32 Å². The van der Waals surface area contributed by atoms with Gasteiger partial charge in [-0.15, -0.1) is 0 Å². The van der Waals surface area contributed by atoms with E-state index in [-0.39, 0.29) is 0 Å². The normalized spacial score (nSPS) is 10.3. The predicted octanol–water partition coefficient (Wildman–Crippen LogP) is 4.20. The first-order valence-electron chi connectivity index (χ1n) is 7.10. The molecule has 0 unspecified atom stereocenters. The van der Waals surface area contributed by atoms with Crippen molar-refractivity contribution in [2.45, 2.75) is 13.1 Å². The van der Waals surface area contributed by atoms with Gasteiger partial charge in [-0.1, -0.05) is 54.6 Å². The van der Waals surface area contributed by atoms with Crippen molar-refractivity contribution in [3.63, 3.8) is 0 Å². The van der Waals surface area contributed by atoms with E-state index >= 15 is 0 Å². The summed E-state index contributed by atoms with van der Waals surface area (Å²) in [5.41, 5.74) is 2.11. The Balaban J connectivity index is 2.05. The molecule has 0 aromatic heterocycles. The zero-order valence-corrected chi connectivity index (χ0v) is 13.4. The monoisotopic (exact) mass is 317 g/mol. The van der Waals surface area contributed by atoms with E-state index in [0.29, 0.717) is 19.7 Å². The summed E-state index contributed by atoms with van der Waals surface area (Å²) >= 11 is 6.16. The molecule has 0 radical (unpaired) electrons. The number of hydrogen-bond donors (Lipinski definition) is 1. The maximum absolute atomic E-state index is 6.16. The molecule has 3 nitrogen and oxygen atoms in total. The average molecular weight is 318 g/mol. The zero-order chi connectivity index (χ0) is 15.8. The summed E-state index contributed by atoms with van der Waals surface area (Å²) in [4.78, 5) is 0. The molecule has 2 rings (SSSR count). The maximum Gasteiger partial charge on any atom is 0.166 e. The van der Waals surface area contributed by atoms with Crippen molar-refractivity contribution in [3.8, 4) is 11.5 Å². The summed E-state index contributed by atoms with van der Waals surface area (Å²) in [6.07, 6.45) is 1.72. The summed E-state index contributed by atoms with van der Waals surface area (Å²) in [5, 5.41) is 4.15. The van der Waals surface area contributed by atoms with Crippen LogP contribution in [0.15, 0.2) is 55.1 Å². The summed E-state index contributed by atoms with van der Waals surface area (Å²) in [6, 6.07) is 13.7. The van der Waals surface area contributed by atoms with Gasteiger partial charge in [0.25, 0.3) is 0 Å². The van der Waals surface area contributed by atoms with Crippen LogP contribution in [0.2, 0.25) is 5.02 Å². The molecule has 4 heteroatoms. The third-order valence-electron chi connectivity index (χ3n) is 3.21. The molecule has 0 saturated carbocycles. The summed E-state index contributed by atoms with van der Waals surface area (Å²) in [6.45, 7) is 5.47. The lowest BCUT2D eigenvalue weighted by molar-refractivity contribution is 0.322. The highest BCUT2D eigenvalue weighted by molar-refractivity contribution is 6.31. The highest BCUT2D eigenvalue weighted by Crippen LogP contribution is 2.31. The van der Waals surface area contributed by atoms with Crippen LogP contribution in [-0.4, -0.2) is 13.7 Å². The van der Waals surface area contributed by atoms with Gasteiger partial charge in [-0.2, -0.15) is 0 Å². The van der Waals surface area contributed by atoms with Crippen LogP contribution in [0.3, 0.4) is 0 Å². The molecule has 22 heavy (non-hydrogen) atoms. The number of benzene rings is 2. The van der Waals surface area contributed by atoms with E-state index in [4.69, 9.17) is 21.1 Å². The third kappa shape index (κ3) is 4.26. The van der Waals surface area contributed by atoms with Crippen molar-refractivity contribution in [2.75, 3.05) is 13.7 Å². The fraction of sp³-hybridized carbons (Fsp3) is 0.222. The molecule has 0 aliphatic rings. The van der Waals surface area contributed by atoms with E-state index in [0.717, 1.165) is 27.6 Å². The first-order valence-corrected chi connectivity index (χ1v) is 7.47. The van der Waals surface area contributed by atoms with Crippen LogP contribution in [0.4, 0.5) is 0 Å². The highest BCUT2D eigenvalue weighted by Gasteiger charge is 2.10. The van der Waals surface area contributed by atoms with Crippen molar-refractivity contribution >= 4 is 11.6 Å². The summed E-state index contributed by atoms with van der Waals surface area (Å²) in [5.74, 6) is 1.47. The SMILES string of the molecule is C=CCOc1c(CNCc2ccccc2Cl)cccc1OC. The lowest BCUT2D eigenvalue weighted by Gasteiger charge is -2.15. The largest absolute Gasteiger partial charge is 0.493 e. The standard InChI is InChI=1S/C18H20ClNO2/c1-3-11-22-18-15(8-6-10-17(18)21-2)13-20-12-14-7-4-5-9-16(14)19/h3-10,20H,1,11-13H2,2H3. The van der Waals surface area contributed by atoms with E-state index in [1.165, 1.54) is 0 Å². The second-order valence-electron chi connectivity index (χ2n) is 4.74. The van der Waals surface area contributed by atoms with Crippen molar-refractivity contribution in [1.29, 1.82) is 0 Å². The first-order chi connectivity index (χ1) is 10.8.